The molecule has 1 unspecified atom stereocenters. The molecule has 1 aromatic rings. The van der Waals surface area contributed by atoms with Gasteiger partial charge in [0.05, 0.1) is 0 Å². The van der Waals surface area contributed by atoms with Crippen LogP contribution < -0.4 is 5.73 Å². The van der Waals surface area contributed by atoms with Crippen LogP contribution in [-0.2, 0) is 0 Å². The maximum absolute atomic E-state index is 12.9. The largest absolute Gasteiger partial charge is 0.324 e. The van der Waals surface area contributed by atoms with Crippen molar-refractivity contribution in [2.75, 3.05) is 19.6 Å². The van der Waals surface area contributed by atoms with Crippen molar-refractivity contribution in [2.45, 2.75) is 32.2 Å². The van der Waals surface area contributed by atoms with Gasteiger partial charge in [-0.2, -0.15) is 0 Å². The second kappa shape index (κ2) is 6.02. The number of nitrogens with zero attached hydrogens (tertiary/aromatic N) is 1. The maximum Gasteiger partial charge on any atom is 0.167 e. The molecule has 1 fully saturated rings. The summed E-state index contributed by atoms with van der Waals surface area (Å²) in [5, 5.41) is 0. The number of halogens is 1. The molecule has 0 radical (unpaired) electrons. The van der Waals surface area contributed by atoms with Gasteiger partial charge in [0.15, 0.2) is 5.78 Å². The van der Waals surface area contributed by atoms with Gasteiger partial charge in [-0.3, -0.25) is 4.79 Å². The van der Waals surface area contributed by atoms with Crippen LogP contribution in [0.1, 0.15) is 37.0 Å². The van der Waals surface area contributed by atoms with E-state index in [1.54, 1.807) is 12.1 Å². The summed E-state index contributed by atoms with van der Waals surface area (Å²) in [5.74, 6) is -0.196. The Labute approximate surface area is 120 Å². The summed E-state index contributed by atoms with van der Waals surface area (Å²) < 4.78 is 12.9. The lowest BCUT2D eigenvalue weighted by molar-refractivity contribution is 0.0797. The Kier molecular flexibility index (Phi) is 4.55. The Morgan fingerprint density at radius 1 is 1.40 bits per heavy atom. The van der Waals surface area contributed by atoms with Crippen LogP contribution in [0.25, 0.3) is 0 Å². The van der Waals surface area contributed by atoms with Crippen molar-refractivity contribution in [1.29, 1.82) is 0 Å². The zero-order valence-electron chi connectivity index (χ0n) is 12.2. The van der Waals surface area contributed by atoms with Gasteiger partial charge >= 0.3 is 0 Å². The normalized spacial score (nSPS) is 20.9. The molecule has 3 nitrogen and oxygen atoms in total. The molecule has 2 rings (SSSR count). The quantitative estimate of drug-likeness (QED) is 0.861. The molecule has 110 valence electrons. The smallest absolute Gasteiger partial charge is 0.167 e. The second-order valence-electron chi connectivity index (χ2n) is 6.43. The third-order valence-corrected chi connectivity index (χ3v) is 3.64. The molecule has 2 N–H and O–H groups in total. The van der Waals surface area contributed by atoms with Gasteiger partial charge in [0.25, 0.3) is 0 Å². The van der Waals surface area contributed by atoms with Gasteiger partial charge in [-0.25, -0.2) is 4.39 Å². The molecule has 0 aromatic heterocycles. The molecule has 0 spiro atoms. The zero-order valence-corrected chi connectivity index (χ0v) is 12.2. The Hall–Kier alpha value is -1.26. The van der Waals surface area contributed by atoms with E-state index in [0.717, 1.165) is 32.5 Å². The number of hydrogen-bond donors (Lipinski definition) is 1. The summed E-state index contributed by atoms with van der Waals surface area (Å²) in [6, 6.07) is 5.83. The number of ketones is 1. The van der Waals surface area contributed by atoms with Crippen LogP contribution >= 0.6 is 0 Å². The van der Waals surface area contributed by atoms with E-state index in [1.807, 2.05) is 13.8 Å². The van der Waals surface area contributed by atoms with Gasteiger partial charge in [0.1, 0.15) is 5.82 Å². The van der Waals surface area contributed by atoms with E-state index in [4.69, 9.17) is 5.73 Å². The average Bonchev–Trinajstić information content (AvgIpc) is 2.37. The van der Waals surface area contributed by atoms with Gasteiger partial charge in [-0.05, 0) is 57.5 Å². The molecule has 4 heteroatoms. The molecule has 20 heavy (non-hydrogen) atoms. The van der Waals surface area contributed by atoms with E-state index >= 15 is 0 Å². The molecule has 1 saturated heterocycles. The van der Waals surface area contributed by atoms with Crippen LogP contribution in [0.2, 0.25) is 0 Å². The van der Waals surface area contributed by atoms with Crippen LogP contribution in [0.15, 0.2) is 24.3 Å². The number of nitrogens with two attached hydrogens (primary N) is 1. The summed E-state index contributed by atoms with van der Waals surface area (Å²) in [6.07, 6.45) is 1.91. The van der Waals surface area contributed by atoms with Gasteiger partial charge in [0, 0.05) is 30.1 Å². The Morgan fingerprint density at radius 3 is 2.65 bits per heavy atom. The first kappa shape index (κ1) is 15.1. The number of likely N-dealkylation sites (tertiary alicyclic amines) is 1. The number of piperidine rings is 1. The van der Waals surface area contributed by atoms with Crippen LogP contribution in [0.5, 0.6) is 0 Å². The molecule has 1 aliphatic rings. The zero-order chi connectivity index (χ0) is 14.8. The van der Waals surface area contributed by atoms with Crippen molar-refractivity contribution in [3.8, 4) is 0 Å². The van der Waals surface area contributed by atoms with E-state index in [9.17, 15) is 9.18 Å². The molecular weight excluding hydrogens is 255 g/mol. The summed E-state index contributed by atoms with van der Waals surface area (Å²) in [4.78, 5) is 14.7. The highest BCUT2D eigenvalue weighted by Crippen LogP contribution is 2.22. The minimum Gasteiger partial charge on any atom is -0.324 e. The molecule has 1 heterocycles. The van der Waals surface area contributed by atoms with Gasteiger partial charge < -0.3 is 10.6 Å². The highest BCUT2D eigenvalue weighted by molar-refractivity contribution is 5.98. The third-order valence-electron chi connectivity index (χ3n) is 3.64. The predicted octanol–water partition coefficient (Wildman–Crippen LogP) is 2.46. The van der Waals surface area contributed by atoms with E-state index < -0.39 is 0 Å². The molecule has 0 aliphatic carbocycles. The van der Waals surface area contributed by atoms with Gasteiger partial charge in [-0.15, -0.1) is 0 Å². The number of rotatable bonds is 4. The second-order valence-corrected chi connectivity index (χ2v) is 6.43. The molecule has 0 saturated carbocycles. The van der Waals surface area contributed by atoms with Crippen molar-refractivity contribution in [1.82, 2.24) is 4.90 Å². The fourth-order valence-corrected chi connectivity index (χ4v) is 2.84. The fraction of sp³-hybridized carbons (Fsp3) is 0.562. The lowest BCUT2D eigenvalue weighted by Gasteiger charge is -2.36. The number of hydrogen-bond acceptors (Lipinski definition) is 3. The minimum atomic E-state index is -0.309. The van der Waals surface area contributed by atoms with Crippen LogP contribution in [-0.4, -0.2) is 35.9 Å². The highest BCUT2D eigenvalue weighted by Gasteiger charge is 2.28. The third kappa shape index (κ3) is 4.12. The lowest BCUT2D eigenvalue weighted by atomic mass is 9.89. The summed E-state index contributed by atoms with van der Waals surface area (Å²) >= 11 is 0. The van der Waals surface area contributed by atoms with Crippen LogP contribution in [0.3, 0.4) is 0 Å². The van der Waals surface area contributed by atoms with Gasteiger partial charge in [-0.1, -0.05) is 0 Å². The summed E-state index contributed by atoms with van der Waals surface area (Å²) in [5.41, 5.74) is 6.40. The van der Waals surface area contributed by atoms with Crippen molar-refractivity contribution < 1.29 is 9.18 Å². The lowest BCUT2D eigenvalue weighted by Crippen LogP contribution is -2.49. The first-order chi connectivity index (χ1) is 9.35. The Morgan fingerprint density at radius 2 is 2.05 bits per heavy atom. The monoisotopic (exact) mass is 278 g/mol. The van der Waals surface area contributed by atoms with E-state index in [0.29, 0.717) is 5.56 Å². The SMILES string of the molecule is CC(C)(N)CN1CCCC(C(=O)c2ccc(F)cc2)C1. The molecule has 1 atom stereocenters. The Balaban J connectivity index is 2.01. The number of carbonyl (C=O) groups is 1. The molecule has 1 aliphatic heterocycles. The molecule has 1 aromatic carbocycles. The van der Waals surface area contributed by atoms with E-state index in [1.165, 1.54) is 12.1 Å². The van der Waals surface area contributed by atoms with Crippen molar-refractivity contribution in [2.24, 2.45) is 11.7 Å². The first-order valence-electron chi connectivity index (χ1n) is 7.16. The number of Topliss-reactive ketones (excluding diaryl/α,β-unsaturated/α-hetero) is 1. The molecular formula is C16H23FN2O. The number of carbonyl (C=O) groups excluding carboxylic acids is 1. The van der Waals surface area contributed by atoms with E-state index in [-0.39, 0.29) is 23.1 Å². The molecule has 0 bridgehead atoms. The van der Waals surface area contributed by atoms with Crippen LogP contribution in [0, 0.1) is 11.7 Å². The number of benzene rings is 1. The van der Waals surface area contributed by atoms with Crippen LogP contribution in [0.4, 0.5) is 4.39 Å². The summed E-state index contributed by atoms with van der Waals surface area (Å²) in [6.45, 7) is 6.53. The standard InChI is InChI=1S/C16H23FN2O/c1-16(2,18)11-19-9-3-4-13(10-19)15(20)12-5-7-14(17)8-6-12/h5-8,13H,3-4,9-11,18H2,1-2H3. The molecule has 0 amide bonds. The average molecular weight is 278 g/mol. The van der Waals surface area contributed by atoms with Crippen molar-refractivity contribution in [3.05, 3.63) is 35.6 Å². The summed E-state index contributed by atoms with van der Waals surface area (Å²) in [7, 11) is 0. The fourth-order valence-electron chi connectivity index (χ4n) is 2.84. The Bertz CT molecular complexity index is 464. The van der Waals surface area contributed by atoms with Crippen molar-refractivity contribution in [3.63, 3.8) is 0 Å². The van der Waals surface area contributed by atoms with E-state index in [2.05, 4.69) is 4.90 Å². The van der Waals surface area contributed by atoms with Gasteiger partial charge in [0.2, 0.25) is 0 Å². The minimum absolute atomic E-state index is 0.00318. The topological polar surface area (TPSA) is 46.3 Å². The van der Waals surface area contributed by atoms with Crippen molar-refractivity contribution >= 4 is 5.78 Å². The first-order valence-corrected chi connectivity index (χ1v) is 7.16. The highest BCUT2D eigenvalue weighted by atomic mass is 19.1. The maximum atomic E-state index is 12.9. The predicted molar refractivity (Wildman–Crippen MR) is 78.2 cm³/mol.